The van der Waals surface area contributed by atoms with Gasteiger partial charge in [0.1, 0.15) is 11.0 Å². The molecule has 12 heavy (non-hydrogen) atoms. The number of carbonyl (C=O) groups is 1. The van der Waals surface area contributed by atoms with E-state index in [9.17, 15) is 9.90 Å². The first-order valence-corrected chi connectivity index (χ1v) is 4.32. The van der Waals surface area contributed by atoms with Crippen molar-refractivity contribution in [2.75, 3.05) is 0 Å². The zero-order valence-corrected chi connectivity index (χ0v) is 9.56. The molecule has 2 rings (SSSR count). The van der Waals surface area contributed by atoms with Crippen molar-refractivity contribution in [1.29, 1.82) is 0 Å². The fourth-order valence-electron chi connectivity index (χ4n) is 0.947. The van der Waals surface area contributed by atoms with Crippen LogP contribution in [0.3, 0.4) is 0 Å². The predicted molar refractivity (Wildman–Crippen MR) is 38.4 cm³/mol. The van der Waals surface area contributed by atoms with Gasteiger partial charge in [0.2, 0.25) is 0 Å². The minimum Gasteiger partial charge on any atom is -0.542 e. The van der Waals surface area contributed by atoms with Crippen LogP contribution in [0.15, 0.2) is 5.38 Å². The Kier molecular flexibility index (Phi) is 3.29. The number of carbonyl (C=O) groups excluding carboxylic acids is 1. The summed E-state index contributed by atoms with van der Waals surface area (Å²) in [5.41, 5.74) is 0.925. The Morgan fingerprint density at radius 3 is 2.75 bits per heavy atom. The summed E-state index contributed by atoms with van der Waals surface area (Å²) in [6, 6.07) is 0. The molecule has 0 saturated heterocycles. The Hall–Kier alpha value is 0.1000. The van der Waals surface area contributed by atoms with Crippen molar-refractivity contribution in [3.05, 3.63) is 16.1 Å². The number of hydrogen-bond donors (Lipinski definition) is 0. The molecule has 1 aliphatic rings. The fourth-order valence-corrected chi connectivity index (χ4v) is 1.68. The van der Waals surface area contributed by atoms with E-state index in [0.717, 1.165) is 29.9 Å². The van der Waals surface area contributed by atoms with Crippen LogP contribution < -0.4 is 34.7 Å². The van der Waals surface area contributed by atoms with Gasteiger partial charge in [0, 0.05) is 11.3 Å². The maximum absolute atomic E-state index is 10.3. The number of thiazole rings is 1. The maximum Gasteiger partial charge on any atom is 1.00 e. The topological polar surface area (TPSA) is 53.0 Å². The molecule has 1 aromatic rings. The Balaban J connectivity index is 0.000000720. The van der Waals surface area contributed by atoms with Gasteiger partial charge in [-0.05, 0) is 12.8 Å². The average molecular weight is 191 g/mol. The minimum absolute atomic E-state index is 0. The van der Waals surface area contributed by atoms with E-state index in [4.69, 9.17) is 0 Å². The van der Waals surface area contributed by atoms with Crippen LogP contribution in [-0.4, -0.2) is 11.0 Å². The fraction of sp³-hybridized carbons (Fsp3) is 0.429. The molecule has 0 bridgehead atoms. The van der Waals surface area contributed by atoms with E-state index in [2.05, 4.69) is 4.98 Å². The second kappa shape index (κ2) is 3.87. The minimum atomic E-state index is -1.16. The van der Waals surface area contributed by atoms with Crippen LogP contribution in [0.5, 0.6) is 0 Å². The molecule has 0 amide bonds. The molecule has 0 aliphatic heterocycles. The summed E-state index contributed by atoms with van der Waals surface area (Å²) in [6.07, 6.45) is 2.30. The number of hydrogen-bond acceptors (Lipinski definition) is 4. The van der Waals surface area contributed by atoms with Gasteiger partial charge in [0.15, 0.2) is 0 Å². The molecule has 3 nitrogen and oxygen atoms in total. The third-order valence-electron chi connectivity index (χ3n) is 1.69. The van der Waals surface area contributed by atoms with E-state index in [1.165, 1.54) is 0 Å². The SMILES string of the molecule is O=C([O-])c1nc(C2CC2)cs1.[Na+]. The molecule has 0 atom stereocenters. The molecule has 5 heteroatoms. The summed E-state index contributed by atoms with van der Waals surface area (Å²) in [5.74, 6) is -0.638. The molecule has 0 spiro atoms. The quantitative estimate of drug-likeness (QED) is 0.481. The number of aromatic carboxylic acids is 1. The third kappa shape index (κ3) is 2.07. The molecule has 1 heterocycles. The van der Waals surface area contributed by atoms with E-state index in [1.807, 2.05) is 5.38 Å². The molecular formula is C7H6NNaO2S. The van der Waals surface area contributed by atoms with Crippen molar-refractivity contribution < 1.29 is 39.5 Å². The zero-order valence-electron chi connectivity index (χ0n) is 6.74. The van der Waals surface area contributed by atoms with Crippen LogP contribution in [0.25, 0.3) is 0 Å². The molecule has 58 valence electrons. The van der Waals surface area contributed by atoms with Crippen molar-refractivity contribution in [3.8, 4) is 0 Å². The Bertz CT molecular complexity index is 295. The molecular weight excluding hydrogens is 185 g/mol. The van der Waals surface area contributed by atoms with E-state index < -0.39 is 5.97 Å². The van der Waals surface area contributed by atoms with Gasteiger partial charge < -0.3 is 9.90 Å². The summed E-state index contributed by atoms with van der Waals surface area (Å²) >= 11 is 1.15. The van der Waals surface area contributed by atoms with Gasteiger partial charge in [-0.3, -0.25) is 0 Å². The van der Waals surface area contributed by atoms with E-state index >= 15 is 0 Å². The van der Waals surface area contributed by atoms with Gasteiger partial charge in [-0.2, -0.15) is 0 Å². The summed E-state index contributed by atoms with van der Waals surface area (Å²) in [7, 11) is 0. The largest absolute Gasteiger partial charge is 1.00 e. The summed E-state index contributed by atoms with van der Waals surface area (Å²) < 4.78 is 0. The van der Waals surface area contributed by atoms with Gasteiger partial charge >= 0.3 is 29.6 Å². The number of carboxylic acid groups (broad SMARTS) is 1. The number of aromatic nitrogens is 1. The second-order valence-corrected chi connectivity index (χ2v) is 3.50. The number of carboxylic acids is 1. The smallest absolute Gasteiger partial charge is 0.542 e. The zero-order chi connectivity index (χ0) is 7.84. The first-order chi connectivity index (χ1) is 5.27. The van der Waals surface area contributed by atoms with Gasteiger partial charge in [0.05, 0.1) is 5.69 Å². The number of nitrogens with zero attached hydrogens (tertiary/aromatic N) is 1. The first-order valence-electron chi connectivity index (χ1n) is 3.44. The van der Waals surface area contributed by atoms with Crippen molar-refractivity contribution in [2.24, 2.45) is 0 Å². The second-order valence-electron chi connectivity index (χ2n) is 2.64. The molecule has 0 aromatic carbocycles. The van der Waals surface area contributed by atoms with Crippen LogP contribution in [0.2, 0.25) is 0 Å². The van der Waals surface area contributed by atoms with Crippen LogP contribution >= 0.6 is 11.3 Å². The monoisotopic (exact) mass is 191 g/mol. The molecule has 0 unspecified atom stereocenters. The Morgan fingerprint density at radius 1 is 1.67 bits per heavy atom. The van der Waals surface area contributed by atoms with Gasteiger partial charge in [-0.15, -0.1) is 11.3 Å². The Morgan fingerprint density at radius 2 is 2.33 bits per heavy atom. The van der Waals surface area contributed by atoms with E-state index in [0.29, 0.717) is 5.92 Å². The van der Waals surface area contributed by atoms with Crippen LogP contribution in [0, 0.1) is 0 Å². The van der Waals surface area contributed by atoms with E-state index in [-0.39, 0.29) is 34.6 Å². The molecule has 0 radical (unpaired) electrons. The van der Waals surface area contributed by atoms with Crippen LogP contribution in [0.4, 0.5) is 0 Å². The van der Waals surface area contributed by atoms with Crippen molar-refractivity contribution in [3.63, 3.8) is 0 Å². The normalized spacial score (nSPS) is 15.3. The molecule has 1 aliphatic carbocycles. The van der Waals surface area contributed by atoms with Crippen molar-refractivity contribution >= 4 is 17.3 Å². The molecule has 1 saturated carbocycles. The molecule has 1 aromatic heterocycles. The summed E-state index contributed by atoms with van der Waals surface area (Å²) in [5, 5.41) is 12.2. The van der Waals surface area contributed by atoms with E-state index in [1.54, 1.807) is 0 Å². The maximum atomic E-state index is 10.3. The van der Waals surface area contributed by atoms with Crippen LogP contribution in [-0.2, 0) is 0 Å². The number of rotatable bonds is 2. The van der Waals surface area contributed by atoms with Gasteiger partial charge in [-0.25, -0.2) is 4.98 Å². The Labute approximate surface area is 96.1 Å². The standard InChI is InChI=1S/C7H7NO2S.Na/c9-7(10)6-8-5(3-11-6)4-1-2-4;/h3-4H,1-2H2,(H,9,10);/q;+1/p-1. The van der Waals surface area contributed by atoms with Gasteiger partial charge in [0.25, 0.3) is 0 Å². The average Bonchev–Trinajstić information content (AvgIpc) is 2.68. The van der Waals surface area contributed by atoms with Crippen molar-refractivity contribution in [2.45, 2.75) is 18.8 Å². The van der Waals surface area contributed by atoms with Gasteiger partial charge in [-0.1, -0.05) is 0 Å². The summed E-state index contributed by atoms with van der Waals surface area (Å²) in [4.78, 5) is 14.2. The molecule has 0 N–H and O–H groups in total. The molecule has 1 fully saturated rings. The summed E-state index contributed by atoms with van der Waals surface area (Å²) in [6.45, 7) is 0. The van der Waals surface area contributed by atoms with Crippen LogP contribution in [0.1, 0.15) is 34.3 Å². The predicted octanol–water partition coefficient (Wildman–Crippen LogP) is -2.61. The van der Waals surface area contributed by atoms with Crippen molar-refractivity contribution in [1.82, 2.24) is 4.98 Å². The third-order valence-corrected chi connectivity index (χ3v) is 2.53. The first kappa shape index (κ1) is 10.2.